The predicted molar refractivity (Wildman–Crippen MR) is 154 cm³/mol. The molecule has 0 saturated carbocycles. The Morgan fingerprint density at radius 2 is 2.03 bits per heavy atom. The van der Waals surface area contributed by atoms with Crippen molar-refractivity contribution in [1.82, 2.24) is 5.32 Å². The molecular formula is C32H51NO4. The molecule has 2 N–H and O–H groups in total. The van der Waals surface area contributed by atoms with Gasteiger partial charge in [-0.05, 0) is 77.2 Å². The van der Waals surface area contributed by atoms with Crippen LogP contribution in [-0.4, -0.2) is 55.9 Å². The number of nitrogens with one attached hydrogen (secondary N) is 1. The third-order valence-electron chi connectivity index (χ3n) is 7.06. The zero-order valence-corrected chi connectivity index (χ0v) is 23.7. The Morgan fingerprint density at radius 3 is 2.70 bits per heavy atom. The van der Waals surface area contributed by atoms with Crippen molar-refractivity contribution in [2.45, 2.75) is 103 Å². The van der Waals surface area contributed by atoms with E-state index in [1.54, 1.807) is 7.11 Å². The lowest BCUT2D eigenvalue weighted by atomic mass is 9.91. The van der Waals surface area contributed by atoms with Gasteiger partial charge in [0.2, 0.25) is 0 Å². The normalized spacial score (nSPS) is 23.5. The second-order valence-corrected chi connectivity index (χ2v) is 10.7. The summed E-state index contributed by atoms with van der Waals surface area (Å²) in [6, 6.07) is 0.0464. The van der Waals surface area contributed by atoms with Crippen molar-refractivity contribution in [3.05, 3.63) is 72.5 Å². The number of aliphatic hydroxyl groups excluding tert-OH is 1. The van der Waals surface area contributed by atoms with E-state index in [1.165, 1.54) is 5.57 Å². The Balaban J connectivity index is 1.82. The monoisotopic (exact) mass is 513 g/mol. The highest BCUT2D eigenvalue weighted by Gasteiger charge is 2.21. The van der Waals surface area contributed by atoms with Gasteiger partial charge >= 0.3 is 0 Å². The van der Waals surface area contributed by atoms with Gasteiger partial charge in [-0.2, -0.15) is 0 Å². The molecule has 0 fully saturated rings. The smallest absolute Gasteiger partial charge is 0.0953 e. The average Bonchev–Trinajstić information content (AvgIpc) is 2.84. The second-order valence-electron chi connectivity index (χ2n) is 10.7. The van der Waals surface area contributed by atoms with Gasteiger partial charge in [-0.1, -0.05) is 67.7 Å². The van der Waals surface area contributed by atoms with Crippen LogP contribution in [0.3, 0.4) is 0 Å². The summed E-state index contributed by atoms with van der Waals surface area (Å²) in [5.74, 6) is 0.504. The molecule has 0 bridgehead atoms. The number of hydrogen-bond acceptors (Lipinski definition) is 5. The summed E-state index contributed by atoms with van der Waals surface area (Å²) in [5.41, 5.74) is 3.34. The fraction of sp³-hybridized carbons (Fsp3) is 0.625. The van der Waals surface area contributed by atoms with E-state index in [-0.39, 0.29) is 24.4 Å². The SMILES string of the molecule is C=C(CC(C)CC1CC=CCO1)CC(O)CCCC(NC(=C)/C=C\C)C(/C=C/C1CC(C)=CCO1)OC. The summed E-state index contributed by atoms with van der Waals surface area (Å²) in [6.45, 7) is 16.1. The van der Waals surface area contributed by atoms with Crippen LogP contribution in [0, 0.1) is 5.92 Å². The first-order valence-electron chi connectivity index (χ1n) is 14.0. The number of aliphatic hydroxyl groups is 1. The second kappa shape index (κ2) is 17.6. The maximum atomic E-state index is 10.7. The summed E-state index contributed by atoms with van der Waals surface area (Å²) in [4.78, 5) is 0. The molecule has 2 aliphatic rings. The Labute approximate surface area is 226 Å². The molecular weight excluding hydrogens is 462 g/mol. The third-order valence-corrected chi connectivity index (χ3v) is 7.06. The summed E-state index contributed by atoms with van der Waals surface area (Å²) < 4.78 is 17.5. The Hall–Kier alpha value is -1.92. The molecule has 2 heterocycles. The van der Waals surface area contributed by atoms with Gasteiger partial charge in [-0.15, -0.1) is 0 Å². The molecule has 0 aromatic carbocycles. The summed E-state index contributed by atoms with van der Waals surface area (Å²) in [5, 5.41) is 14.2. The van der Waals surface area contributed by atoms with Crippen LogP contribution in [0.15, 0.2) is 72.5 Å². The van der Waals surface area contributed by atoms with Crippen molar-refractivity contribution in [1.29, 1.82) is 0 Å². The molecule has 5 nitrogen and oxygen atoms in total. The van der Waals surface area contributed by atoms with E-state index in [2.05, 4.69) is 62.7 Å². The van der Waals surface area contributed by atoms with E-state index >= 15 is 0 Å². The van der Waals surface area contributed by atoms with E-state index in [4.69, 9.17) is 14.2 Å². The van der Waals surface area contributed by atoms with E-state index in [0.717, 1.165) is 62.8 Å². The zero-order chi connectivity index (χ0) is 27.0. The number of rotatable bonds is 17. The quantitative estimate of drug-likeness (QED) is 0.170. The van der Waals surface area contributed by atoms with Gasteiger partial charge in [0.15, 0.2) is 0 Å². The number of ether oxygens (including phenoxy) is 3. The van der Waals surface area contributed by atoms with Crippen molar-refractivity contribution >= 4 is 0 Å². The Bertz CT molecular complexity index is 812. The molecule has 37 heavy (non-hydrogen) atoms. The Kier molecular flexibility index (Phi) is 14.9. The fourth-order valence-corrected chi connectivity index (χ4v) is 5.17. The van der Waals surface area contributed by atoms with Crippen molar-refractivity contribution in [3.8, 4) is 0 Å². The van der Waals surface area contributed by atoms with E-state index < -0.39 is 0 Å². The fourth-order valence-electron chi connectivity index (χ4n) is 5.17. The van der Waals surface area contributed by atoms with Gasteiger partial charge in [0.25, 0.3) is 0 Å². The molecule has 5 heteroatoms. The molecule has 0 amide bonds. The highest BCUT2D eigenvalue weighted by Crippen LogP contribution is 2.24. The van der Waals surface area contributed by atoms with Crippen LogP contribution in [-0.2, 0) is 14.2 Å². The first-order valence-corrected chi connectivity index (χ1v) is 14.0. The molecule has 0 aromatic heterocycles. The van der Waals surface area contributed by atoms with E-state index in [9.17, 15) is 5.11 Å². The van der Waals surface area contributed by atoms with Crippen molar-refractivity contribution in [3.63, 3.8) is 0 Å². The van der Waals surface area contributed by atoms with E-state index in [1.807, 2.05) is 19.1 Å². The maximum absolute atomic E-state index is 10.7. The number of allylic oxidation sites excluding steroid dienone is 2. The third kappa shape index (κ3) is 12.9. The zero-order valence-electron chi connectivity index (χ0n) is 23.7. The van der Waals surface area contributed by atoms with Gasteiger partial charge in [0, 0.05) is 12.8 Å². The highest BCUT2D eigenvalue weighted by molar-refractivity contribution is 5.15. The van der Waals surface area contributed by atoms with Crippen molar-refractivity contribution < 1.29 is 19.3 Å². The molecule has 0 saturated heterocycles. The molecule has 208 valence electrons. The number of methoxy groups -OCH3 is 1. The molecule has 0 spiro atoms. The lowest BCUT2D eigenvalue weighted by Crippen LogP contribution is -2.39. The minimum atomic E-state index is -0.380. The van der Waals surface area contributed by atoms with Crippen LogP contribution in [0.1, 0.15) is 72.1 Å². The maximum Gasteiger partial charge on any atom is 0.0953 e. The minimum Gasteiger partial charge on any atom is -0.393 e. The standard InChI is InChI=1S/C32H51NO4/c1-7-11-27(5)33-31(32(35-6)16-15-30-22-24(2)17-19-37-30)14-10-12-28(34)21-25(3)20-26(4)23-29-13-8-9-18-36-29/h7-9,11,15-17,26,28-34H,3,5,10,12-14,18-23H2,1-2,4,6H3/b11-7-,16-15+. The Morgan fingerprint density at radius 1 is 1.22 bits per heavy atom. The van der Waals surface area contributed by atoms with Gasteiger partial charge in [0.1, 0.15) is 0 Å². The summed E-state index contributed by atoms with van der Waals surface area (Å²) in [6.07, 6.45) is 21.5. The van der Waals surface area contributed by atoms with Gasteiger partial charge in [0.05, 0.1) is 43.7 Å². The first kappa shape index (κ1) is 31.3. The van der Waals surface area contributed by atoms with Gasteiger partial charge in [-0.25, -0.2) is 0 Å². The van der Waals surface area contributed by atoms with Gasteiger partial charge in [-0.3, -0.25) is 0 Å². The topological polar surface area (TPSA) is 60.0 Å². The van der Waals surface area contributed by atoms with Gasteiger partial charge < -0.3 is 24.6 Å². The number of hydrogen-bond donors (Lipinski definition) is 2. The summed E-state index contributed by atoms with van der Waals surface area (Å²) in [7, 11) is 1.74. The van der Waals surface area contributed by atoms with Crippen LogP contribution in [0.25, 0.3) is 0 Å². The predicted octanol–water partition coefficient (Wildman–Crippen LogP) is 6.58. The highest BCUT2D eigenvalue weighted by atomic mass is 16.5. The molecule has 0 radical (unpaired) electrons. The molecule has 2 aliphatic heterocycles. The van der Waals surface area contributed by atoms with Crippen LogP contribution in [0.2, 0.25) is 0 Å². The molecule has 2 rings (SSSR count). The lowest BCUT2D eigenvalue weighted by molar-refractivity contribution is 0.0507. The minimum absolute atomic E-state index is 0.0464. The summed E-state index contributed by atoms with van der Waals surface area (Å²) >= 11 is 0. The van der Waals surface area contributed by atoms with E-state index in [0.29, 0.717) is 25.0 Å². The van der Waals surface area contributed by atoms with Crippen LogP contribution in [0.5, 0.6) is 0 Å². The molecule has 6 unspecified atom stereocenters. The first-order chi connectivity index (χ1) is 17.8. The van der Waals surface area contributed by atoms with Crippen LogP contribution >= 0.6 is 0 Å². The van der Waals surface area contributed by atoms with Crippen LogP contribution < -0.4 is 5.32 Å². The molecule has 0 aromatic rings. The molecule has 0 aliphatic carbocycles. The largest absolute Gasteiger partial charge is 0.393 e. The molecule has 6 atom stereocenters. The lowest BCUT2D eigenvalue weighted by Gasteiger charge is -2.27. The van der Waals surface area contributed by atoms with Crippen molar-refractivity contribution in [2.24, 2.45) is 5.92 Å². The van der Waals surface area contributed by atoms with Crippen LogP contribution in [0.4, 0.5) is 0 Å². The average molecular weight is 514 g/mol. The van der Waals surface area contributed by atoms with Crippen molar-refractivity contribution in [2.75, 3.05) is 20.3 Å².